The molecular weight excluding hydrogens is 376 g/mol. The van der Waals surface area contributed by atoms with Crippen LogP contribution in [0.25, 0.3) is 0 Å². The van der Waals surface area contributed by atoms with Crippen LogP contribution in [-0.2, 0) is 6.42 Å². The summed E-state index contributed by atoms with van der Waals surface area (Å²) in [5.74, 6) is -0.392. The first-order valence-corrected chi connectivity index (χ1v) is 10.0. The largest absolute Gasteiger partial charge is 0.508 e. The molecule has 0 aliphatic carbocycles. The summed E-state index contributed by atoms with van der Waals surface area (Å²) in [6.45, 7) is 2.16. The molecule has 0 spiro atoms. The number of aromatic hydroxyl groups is 1. The van der Waals surface area contributed by atoms with E-state index >= 15 is 0 Å². The minimum atomic E-state index is -0.351. The first-order chi connectivity index (χ1) is 14.1. The van der Waals surface area contributed by atoms with Crippen LogP contribution in [0.5, 0.6) is 5.75 Å². The van der Waals surface area contributed by atoms with Gasteiger partial charge >= 0.3 is 0 Å². The summed E-state index contributed by atoms with van der Waals surface area (Å²) in [7, 11) is 0. The van der Waals surface area contributed by atoms with Crippen LogP contribution in [0.1, 0.15) is 28.8 Å². The van der Waals surface area contributed by atoms with Gasteiger partial charge in [-0.1, -0.05) is 0 Å². The van der Waals surface area contributed by atoms with Crippen LogP contribution in [0.4, 0.5) is 20.2 Å². The van der Waals surface area contributed by atoms with Gasteiger partial charge in [0.2, 0.25) is 0 Å². The molecule has 1 atom stereocenters. The number of carbonyl (C=O) groups is 1. The first kappa shape index (κ1) is 19.6. The van der Waals surface area contributed by atoms with Crippen LogP contribution in [0.2, 0.25) is 0 Å². The molecule has 2 aromatic rings. The lowest BCUT2D eigenvalue weighted by Crippen LogP contribution is -2.37. The number of hydrogen-bond donors (Lipinski definition) is 2. The molecule has 1 unspecified atom stereocenters. The minimum absolute atomic E-state index is 0.142. The maximum atomic E-state index is 14.9. The van der Waals surface area contributed by atoms with Crippen LogP contribution in [-0.4, -0.2) is 49.9 Å². The Morgan fingerprint density at radius 2 is 2.03 bits per heavy atom. The number of amides is 1. The van der Waals surface area contributed by atoms with Gasteiger partial charge in [-0.05, 0) is 67.8 Å². The number of benzene rings is 2. The van der Waals surface area contributed by atoms with Gasteiger partial charge in [-0.25, -0.2) is 4.39 Å². The molecule has 2 N–H and O–H groups in total. The highest BCUT2D eigenvalue weighted by atomic mass is 19.1. The molecule has 1 amide bonds. The molecule has 0 aromatic heterocycles. The molecular formula is C22H25F2N3O2. The third kappa shape index (κ3) is 4.05. The van der Waals surface area contributed by atoms with Gasteiger partial charge in [-0.3, -0.25) is 9.18 Å². The quantitative estimate of drug-likeness (QED) is 0.730. The Balaban J connectivity index is 1.47. The molecule has 2 aromatic carbocycles. The van der Waals surface area contributed by atoms with Crippen molar-refractivity contribution in [1.82, 2.24) is 5.32 Å². The predicted octanol–water partition coefficient (Wildman–Crippen LogP) is 3.26. The zero-order chi connectivity index (χ0) is 20.4. The highest BCUT2D eigenvalue weighted by Gasteiger charge is 2.28. The summed E-state index contributed by atoms with van der Waals surface area (Å²) in [6.07, 6.45) is 1.99. The summed E-state index contributed by atoms with van der Waals surface area (Å²) >= 11 is 0. The maximum absolute atomic E-state index is 14.9. The fraction of sp³-hybridized carbons (Fsp3) is 0.409. The Bertz CT molecular complexity index is 906. The van der Waals surface area contributed by atoms with Gasteiger partial charge in [0, 0.05) is 36.9 Å². The normalized spacial score (nSPS) is 19.0. The van der Waals surface area contributed by atoms with E-state index in [1.807, 2.05) is 4.90 Å². The van der Waals surface area contributed by atoms with E-state index in [-0.39, 0.29) is 30.2 Å². The Hall–Kier alpha value is -2.67. The van der Waals surface area contributed by atoms with Crippen molar-refractivity contribution >= 4 is 17.3 Å². The van der Waals surface area contributed by atoms with Crippen molar-refractivity contribution in [3.8, 4) is 5.75 Å². The lowest BCUT2D eigenvalue weighted by Gasteiger charge is -2.29. The summed E-state index contributed by atoms with van der Waals surface area (Å²) in [5, 5.41) is 12.9. The second kappa shape index (κ2) is 8.37. The monoisotopic (exact) mass is 401 g/mol. The second-order valence-electron chi connectivity index (χ2n) is 7.61. The third-order valence-corrected chi connectivity index (χ3v) is 5.68. The number of phenols is 1. The molecule has 29 heavy (non-hydrogen) atoms. The zero-order valence-electron chi connectivity index (χ0n) is 16.2. The van der Waals surface area contributed by atoms with Crippen molar-refractivity contribution < 1.29 is 18.7 Å². The van der Waals surface area contributed by atoms with Gasteiger partial charge in [0.05, 0.1) is 12.4 Å². The topological polar surface area (TPSA) is 55.8 Å². The fourth-order valence-electron chi connectivity index (χ4n) is 4.16. The minimum Gasteiger partial charge on any atom is -0.508 e. The molecule has 0 saturated carbocycles. The lowest BCUT2D eigenvalue weighted by atomic mass is 9.98. The molecule has 2 heterocycles. The number of nitrogens with one attached hydrogen (secondary N) is 1. The summed E-state index contributed by atoms with van der Waals surface area (Å²) in [5.41, 5.74) is 2.41. The highest BCUT2D eigenvalue weighted by Crippen LogP contribution is 2.31. The summed E-state index contributed by atoms with van der Waals surface area (Å²) < 4.78 is 27.1. The number of carbonyl (C=O) groups excluding carboxylic acids is 1. The number of halogens is 2. The smallest absolute Gasteiger partial charge is 0.258 e. The SMILES string of the molecule is O=C1c2ccc(O)cc2CCN1c1ccc(N2CCC(NCCCF)C2)c(F)c1. The van der Waals surface area contributed by atoms with E-state index in [4.69, 9.17) is 0 Å². The Labute approximate surface area is 168 Å². The van der Waals surface area contributed by atoms with Crippen molar-refractivity contribution in [2.75, 3.05) is 42.7 Å². The number of anilines is 2. The number of hydrogen-bond acceptors (Lipinski definition) is 4. The molecule has 5 nitrogen and oxygen atoms in total. The van der Waals surface area contributed by atoms with E-state index in [2.05, 4.69) is 5.32 Å². The van der Waals surface area contributed by atoms with Crippen LogP contribution in [0, 0.1) is 5.82 Å². The molecule has 1 fully saturated rings. The van der Waals surface area contributed by atoms with Crippen LogP contribution < -0.4 is 15.1 Å². The van der Waals surface area contributed by atoms with Gasteiger partial charge in [0.15, 0.2) is 0 Å². The molecule has 2 aliphatic rings. The van der Waals surface area contributed by atoms with Crippen molar-refractivity contribution in [3.05, 3.63) is 53.3 Å². The number of alkyl halides is 1. The summed E-state index contributed by atoms with van der Waals surface area (Å²) in [6, 6.07) is 9.89. The molecule has 154 valence electrons. The molecule has 1 saturated heterocycles. The van der Waals surface area contributed by atoms with E-state index in [9.17, 15) is 18.7 Å². The molecule has 4 rings (SSSR count). The predicted molar refractivity (Wildman–Crippen MR) is 109 cm³/mol. The standard InChI is InChI=1S/C22H25F2N3O2/c23-8-1-9-25-16-7-10-26(14-16)21-5-2-17(13-20(21)24)27-11-6-15-12-18(28)3-4-19(15)22(27)29/h2-5,12-13,16,25,28H,1,6-11,14H2. The lowest BCUT2D eigenvalue weighted by molar-refractivity contribution is 0.0980. The van der Waals surface area contributed by atoms with Crippen LogP contribution in [0.15, 0.2) is 36.4 Å². The number of phenolic OH excluding ortho intramolecular Hbond substituents is 1. The fourth-order valence-corrected chi connectivity index (χ4v) is 4.16. The average Bonchev–Trinajstić information content (AvgIpc) is 3.17. The average molecular weight is 401 g/mol. The van der Waals surface area contributed by atoms with E-state index in [1.165, 1.54) is 12.1 Å². The van der Waals surface area contributed by atoms with Gasteiger partial charge in [-0.2, -0.15) is 0 Å². The van der Waals surface area contributed by atoms with Crippen molar-refractivity contribution in [2.45, 2.75) is 25.3 Å². The zero-order valence-corrected chi connectivity index (χ0v) is 16.2. The molecule has 0 radical (unpaired) electrons. The molecule has 0 bridgehead atoms. The highest BCUT2D eigenvalue weighted by molar-refractivity contribution is 6.08. The number of fused-ring (bicyclic) bond motifs is 1. The van der Waals surface area contributed by atoms with E-state index in [1.54, 1.807) is 29.2 Å². The van der Waals surface area contributed by atoms with E-state index in [0.29, 0.717) is 49.4 Å². The second-order valence-corrected chi connectivity index (χ2v) is 7.61. The van der Waals surface area contributed by atoms with Crippen molar-refractivity contribution in [3.63, 3.8) is 0 Å². The van der Waals surface area contributed by atoms with E-state index in [0.717, 1.165) is 18.5 Å². The summed E-state index contributed by atoms with van der Waals surface area (Å²) in [4.78, 5) is 16.4. The van der Waals surface area contributed by atoms with Crippen LogP contribution >= 0.6 is 0 Å². The number of nitrogens with zero attached hydrogens (tertiary/aromatic N) is 2. The van der Waals surface area contributed by atoms with Gasteiger partial charge in [0.25, 0.3) is 5.91 Å². The number of rotatable bonds is 6. The Morgan fingerprint density at radius 1 is 1.17 bits per heavy atom. The maximum Gasteiger partial charge on any atom is 0.258 e. The van der Waals surface area contributed by atoms with Crippen molar-refractivity contribution in [1.29, 1.82) is 0 Å². The Kier molecular flexibility index (Phi) is 5.67. The first-order valence-electron chi connectivity index (χ1n) is 10.0. The Morgan fingerprint density at radius 3 is 2.83 bits per heavy atom. The molecule has 7 heteroatoms. The third-order valence-electron chi connectivity index (χ3n) is 5.68. The van der Waals surface area contributed by atoms with Crippen LogP contribution in [0.3, 0.4) is 0 Å². The molecule has 2 aliphatic heterocycles. The van der Waals surface area contributed by atoms with Gasteiger partial charge in [0.1, 0.15) is 11.6 Å². The van der Waals surface area contributed by atoms with Crippen molar-refractivity contribution in [2.24, 2.45) is 0 Å². The van der Waals surface area contributed by atoms with Gasteiger partial charge in [-0.15, -0.1) is 0 Å². The van der Waals surface area contributed by atoms with Gasteiger partial charge < -0.3 is 20.2 Å². The van der Waals surface area contributed by atoms with E-state index < -0.39 is 0 Å².